The molecule has 0 aromatic carbocycles. The van der Waals surface area contributed by atoms with Crippen LogP contribution in [0.15, 0.2) is 0 Å². The van der Waals surface area contributed by atoms with E-state index >= 15 is 0 Å². The molecule has 0 aliphatic carbocycles. The molecule has 1 amide bonds. The predicted molar refractivity (Wildman–Crippen MR) is 87.9 cm³/mol. The summed E-state index contributed by atoms with van der Waals surface area (Å²) in [6.45, 7) is 7.42. The molecule has 0 bridgehead atoms. The SMILES string of the molecule is CN1CCC(C(=O)NCC2(C)CCNCC2)CC1.Cl.Cl. The monoisotopic (exact) mass is 325 g/mol. The molecule has 120 valence electrons. The molecule has 0 spiro atoms. The Morgan fingerprint density at radius 2 is 1.80 bits per heavy atom. The fourth-order valence-electron chi connectivity index (χ4n) is 2.92. The molecule has 6 heteroatoms. The molecule has 0 aromatic rings. The molecule has 0 saturated carbocycles. The molecule has 0 radical (unpaired) electrons. The molecule has 0 aromatic heterocycles. The number of nitrogens with one attached hydrogen (secondary N) is 2. The van der Waals surface area contributed by atoms with Gasteiger partial charge in [0.1, 0.15) is 0 Å². The summed E-state index contributed by atoms with van der Waals surface area (Å²) in [6.07, 6.45) is 4.36. The fraction of sp³-hybridized carbons (Fsp3) is 0.929. The van der Waals surface area contributed by atoms with Crippen LogP contribution >= 0.6 is 24.8 Å². The summed E-state index contributed by atoms with van der Waals surface area (Å²) in [5, 5.41) is 6.57. The highest BCUT2D eigenvalue weighted by Crippen LogP contribution is 2.27. The molecule has 2 aliphatic heterocycles. The van der Waals surface area contributed by atoms with Crippen LogP contribution in [0.1, 0.15) is 32.6 Å². The minimum absolute atomic E-state index is 0. The smallest absolute Gasteiger partial charge is 0.223 e. The van der Waals surface area contributed by atoms with Gasteiger partial charge in [-0.25, -0.2) is 0 Å². The summed E-state index contributed by atoms with van der Waals surface area (Å²) in [7, 11) is 2.13. The number of piperidine rings is 2. The van der Waals surface area contributed by atoms with Gasteiger partial charge in [0.2, 0.25) is 5.91 Å². The summed E-state index contributed by atoms with van der Waals surface area (Å²) in [4.78, 5) is 14.4. The zero-order valence-corrected chi connectivity index (χ0v) is 14.2. The first-order valence-corrected chi connectivity index (χ1v) is 7.26. The number of rotatable bonds is 3. The minimum atomic E-state index is 0. The maximum Gasteiger partial charge on any atom is 0.223 e. The lowest BCUT2D eigenvalue weighted by Crippen LogP contribution is -2.45. The van der Waals surface area contributed by atoms with E-state index in [0.717, 1.165) is 45.6 Å². The Morgan fingerprint density at radius 1 is 1.25 bits per heavy atom. The van der Waals surface area contributed by atoms with Gasteiger partial charge in [-0.3, -0.25) is 4.79 Å². The maximum absolute atomic E-state index is 12.1. The van der Waals surface area contributed by atoms with Crippen molar-refractivity contribution >= 4 is 30.7 Å². The average Bonchev–Trinajstić information content (AvgIpc) is 2.38. The van der Waals surface area contributed by atoms with Crippen LogP contribution < -0.4 is 10.6 Å². The van der Waals surface area contributed by atoms with E-state index < -0.39 is 0 Å². The van der Waals surface area contributed by atoms with Crippen LogP contribution in [0.5, 0.6) is 0 Å². The van der Waals surface area contributed by atoms with Crippen LogP contribution in [0.2, 0.25) is 0 Å². The van der Waals surface area contributed by atoms with Crippen LogP contribution in [0.4, 0.5) is 0 Å². The molecule has 0 unspecified atom stereocenters. The van der Waals surface area contributed by atoms with Crippen molar-refractivity contribution in [3.05, 3.63) is 0 Å². The minimum Gasteiger partial charge on any atom is -0.355 e. The highest BCUT2D eigenvalue weighted by atomic mass is 35.5. The van der Waals surface area contributed by atoms with Gasteiger partial charge in [-0.15, -0.1) is 24.8 Å². The highest BCUT2D eigenvalue weighted by Gasteiger charge is 2.29. The van der Waals surface area contributed by atoms with Gasteiger partial charge in [-0.2, -0.15) is 0 Å². The van der Waals surface area contributed by atoms with Gasteiger partial charge in [-0.1, -0.05) is 6.92 Å². The second-order valence-electron chi connectivity index (χ2n) is 6.36. The molecule has 2 saturated heterocycles. The van der Waals surface area contributed by atoms with Gasteiger partial charge in [-0.05, 0) is 64.3 Å². The highest BCUT2D eigenvalue weighted by molar-refractivity contribution is 5.85. The molecule has 2 rings (SSSR count). The zero-order valence-electron chi connectivity index (χ0n) is 12.6. The molecule has 2 heterocycles. The van der Waals surface area contributed by atoms with Crippen LogP contribution in [0.25, 0.3) is 0 Å². The second-order valence-corrected chi connectivity index (χ2v) is 6.36. The predicted octanol–water partition coefficient (Wildman–Crippen LogP) is 1.68. The van der Waals surface area contributed by atoms with Crippen molar-refractivity contribution in [2.24, 2.45) is 11.3 Å². The summed E-state index contributed by atoms with van der Waals surface area (Å²) in [5.41, 5.74) is 0.298. The summed E-state index contributed by atoms with van der Waals surface area (Å²) in [5.74, 6) is 0.523. The Morgan fingerprint density at radius 3 is 2.35 bits per heavy atom. The van der Waals surface area contributed by atoms with Crippen LogP contribution in [0, 0.1) is 11.3 Å². The van der Waals surface area contributed by atoms with E-state index in [1.165, 1.54) is 12.8 Å². The Balaban J connectivity index is 0.00000180. The van der Waals surface area contributed by atoms with Gasteiger partial charge in [0.25, 0.3) is 0 Å². The number of carbonyl (C=O) groups is 1. The lowest BCUT2D eigenvalue weighted by molar-refractivity contribution is -0.126. The number of hydrogen-bond acceptors (Lipinski definition) is 3. The normalized spacial score (nSPS) is 23.3. The third-order valence-electron chi connectivity index (χ3n) is 4.59. The Bertz CT molecular complexity index is 288. The molecular weight excluding hydrogens is 297 g/mol. The lowest BCUT2D eigenvalue weighted by Gasteiger charge is -2.35. The Kier molecular flexibility index (Phi) is 9.07. The molecule has 2 aliphatic rings. The van der Waals surface area contributed by atoms with Crippen molar-refractivity contribution < 1.29 is 4.79 Å². The second kappa shape index (κ2) is 9.08. The zero-order chi connectivity index (χ0) is 13.0. The van der Waals surface area contributed by atoms with Crippen LogP contribution in [-0.2, 0) is 4.79 Å². The van der Waals surface area contributed by atoms with Crippen LogP contribution in [-0.4, -0.2) is 50.6 Å². The average molecular weight is 326 g/mol. The summed E-state index contributed by atoms with van der Waals surface area (Å²) < 4.78 is 0. The standard InChI is InChI=1S/C14H27N3O.2ClH/c1-14(5-7-15-8-6-14)11-16-13(18)12-3-9-17(2)10-4-12;;/h12,15H,3-11H2,1-2H3,(H,16,18);2*1H. The number of halogens is 2. The molecule has 2 fully saturated rings. The van der Waals surface area contributed by atoms with Crippen molar-refractivity contribution in [1.82, 2.24) is 15.5 Å². The van der Waals surface area contributed by atoms with Crippen molar-refractivity contribution in [1.29, 1.82) is 0 Å². The largest absolute Gasteiger partial charge is 0.355 e. The lowest BCUT2D eigenvalue weighted by atomic mass is 9.81. The van der Waals surface area contributed by atoms with Gasteiger partial charge in [0, 0.05) is 12.5 Å². The maximum atomic E-state index is 12.1. The Labute approximate surface area is 135 Å². The first-order chi connectivity index (χ1) is 8.59. The van der Waals surface area contributed by atoms with E-state index in [1.807, 2.05) is 0 Å². The first kappa shape index (κ1) is 20.0. The number of likely N-dealkylation sites (tertiary alicyclic amines) is 1. The molecule has 2 N–H and O–H groups in total. The van der Waals surface area contributed by atoms with E-state index in [0.29, 0.717) is 5.41 Å². The van der Waals surface area contributed by atoms with Crippen molar-refractivity contribution in [2.75, 3.05) is 39.8 Å². The van der Waals surface area contributed by atoms with E-state index in [2.05, 4.69) is 29.5 Å². The fourth-order valence-corrected chi connectivity index (χ4v) is 2.92. The Hall–Kier alpha value is -0.0300. The quantitative estimate of drug-likeness (QED) is 0.829. The van der Waals surface area contributed by atoms with Crippen molar-refractivity contribution in [3.8, 4) is 0 Å². The molecule has 20 heavy (non-hydrogen) atoms. The first-order valence-electron chi connectivity index (χ1n) is 7.26. The van der Waals surface area contributed by atoms with E-state index in [1.54, 1.807) is 0 Å². The molecular formula is C14H29Cl2N3O. The van der Waals surface area contributed by atoms with Crippen molar-refractivity contribution in [2.45, 2.75) is 32.6 Å². The summed E-state index contributed by atoms with van der Waals surface area (Å²) in [6, 6.07) is 0. The number of carbonyl (C=O) groups excluding carboxylic acids is 1. The third kappa shape index (κ3) is 5.76. The third-order valence-corrected chi connectivity index (χ3v) is 4.59. The van der Waals surface area contributed by atoms with E-state index in [-0.39, 0.29) is 36.6 Å². The topological polar surface area (TPSA) is 44.4 Å². The number of hydrogen-bond donors (Lipinski definition) is 2. The number of nitrogens with zero attached hydrogens (tertiary/aromatic N) is 1. The molecule has 0 atom stereocenters. The van der Waals surface area contributed by atoms with E-state index in [4.69, 9.17) is 0 Å². The van der Waals surface area contributed by atoms with Crippen LogP contribution in [0.3, 0.4) is 0 Å². The number of amides is 1. The van der Waals surface area contributed by atoms with Gasteiger partial charge >= 0.3 is 0 Å². The van der Waals surface area contributed by atoms with E-state index in [9.17, 15) is 4.79 Å². The van der Waals surface area contributed by atoms with Gasteiger partial charge in [0.15, 0.2) is 0 Å². The summed E-state index contributed by atoms with van der Waals surface area (Å²) >= 11 is 0. The van der Waals surface area contributed by atoms with Gasteiger partial charge in [0.05, 0.1) is 0 Å². The molecule has 4 nitrogen and oxygen atoms in total. The van der Waals surface area contributed by atoms with Crippen molar-refractivity contribution in [3.63, 3.8) is 0 Å². The van der Waals surface area contributed by atoms with Gasteiger partial charge < -0.3 is 15.5 Å².